The SMILES string of the molecule is CC(CC=O)Nc1ccc(N=Nc2ccccn2)c2ncccc12.CO. The van der Waals surface area contributed by atoms with Crippen molar-refractivity contribution in [1.82, 2.24) is 9.97 Å². The number of azo groups is 1. The fourth-order valence-electron chi connectivity index (χ4n) is 2.35. The van der Waals surface area contributed by atoms with Crippen LogP contribution in [0.3, 0.4) is 0 Å². The molecule has 2 heterocycles. The molecular formula is C19H21N5O2. The molecule has 1 unspecified atom stereocenters. The van der Waals surface area contributed by atoms with Crippen LogP contribution in [-0.4, -0.2) is 34.5 Å². The van der Waals surface area contributed by atoms with Crippen molar-refractivity contribution in [3.05, 3.63) is 54.9 Å². The zero-order chi connectivity index (χ0) is 18.8. The number of aldehydes is 1. The number of aliphatic hydroxyl groups is 1. The lowest BCUT2D eigenvalue weighted by atomic mass is 10.1. The van der Waals surface area contributed by atoms with Gasteiger partial charge in [-0.3, -0.25) is 4.98 Å². The highest BCUT2D eigenvalue weighted by Crippen LogP contribution is 2.31. The molecular weight excluding hydrogens is 330 g/mol. The van der Waals surface area contributed by atoms with Crippen LogP contribution in [0.5, 0.6) is 0 Å². The van der Waals surface area contributed by atoms with E-state index >= 15 is 0 Å². The molecule has 2 N–H and O–H groups in total. The first-order chi connectivity index (χ1) is 12.8. The average molecular weight is 351 g/mol. The summed E-state index contributed by atoms with van der Waals surface area (Å²) in [5.74, 6) is 0.545. The molecule has 1 atom stereocenters. The van der Waals surface area contributed by atoms with E-state index in [1.165, 1.54) is 0 Å². The Balaban J connectivity index is 0.00000117. The van der Waals surface area contributed by atoms with Crippen LogP contribution >= 0.6 is 0 Å². The minimum absolute atomic E-state index is 0.0481. The topological polar surface area (TPSA) is 99.8 Å². The Bertz CT molecular complexity index is 868. The second-order valence-corrected chi connectivity index (χ2v) is 5.37. The van der Waals surface area contributed by atoms with E-state index in [2.05, 4.69) is 25.5 Å². The minimum Gasteiger partial charge on any atom is -0.400 e. The van der Waals surface area contributed by atoms with Crippen molar-refractivity contribution < 1.29 is 9.90 Å². The van der Waals surface area contributed by atoms with Crippen LogP contribution in [0, 0.1) is 0 Å². The molecule has 0 saturated heterocycles. The smallest absolute Gasteiger partial charge is 0.174 e. The van der Waals surface area contributed by atoms with Crippen molar-refractivity contribution in [1.29, 1.82) is 0 Å². The molecule has 3 aromatic rings. The largest absolute Gasteiger partial charge is 0.400 e. The maximum Gasteiger partial charge on any atom is 0.174 e. The molecule has 134 valence electrons. The lowest BCUT2D eigenvalue weighted by Gasteiger charge is -2.15. The molecule has 0 amide bonds. The van der Waals surface area contributed by atoms with Gasteiger partial charge in [0.1, 0.15) is 12.0 Å². The van der Waals surface area contributed by atoms with Gasteiger partial charge in [-0.2, -0.15) is 0 Å². The summed E-state index contributed by atoms with van der Waals surface area (Å²) in [4.78, 5) is 19.2. The van der Waals surface area contributed by atoms with Crippen molar-refractivity contribution >= 4 is 34.4 Å². The summed E-state index contributed by atoms with van der Waals surface area (Å²) < 4.78 is 0. The number of nitrogens with zero attached hydrogens (tertiary/aromatic N) is 4. The molecule has 0 fully saturated rings. The second-order valence-electron chi connectivity index (χ2n) is 5.37. The standard InChI is InChI=1S/C18H17N5O.CH4O/c1-13(9-12-24)21-15-7-8-16(18-14(15)5-4-11-20-18)22-23-17-6-2-3-10-19-17;1-2/h2-8,10-13,21H,9H2,1H3;2H,1H3. The van der Waals surface area contributed by atoms with Gasteiger partial charge in [0, 0.05) is 43.0 Å². The van der Waals surface area contributed by atoms with Gasteiger partial charge >= 0.3 is 0 Å². The highest BCUT2D eigenvalue weighted by Gasteiger charge is 2.09. The van der Waals surface area contributed by atoms with E-state index in [0.29, 0.717) is 17.9 Å². The Labute approximate surface area is 151 Å². The van der Waals surface area contributed by atoms with Crippen LogP contribution in [0.15, 0.2) is 65.1 Å². The predicted molar refractivity (Wildman–Crippen MR) is 102 cm³/mol. The van der Waals surface area contributed by atoms with Gasteiger partial charge in [0.05, 0.1) is 5.52 Å². The number of aliphatic hydroxyl groups excluding tert-OH is 1. The molecule has 2 aromatic heterocycles. The molecule has 26 heavy (non-hydrogen) atoms. The van der Waals surface area contributed by atoms with E-state index in [4.69, 9.17) is 5.11 Å². The first kappa shape index (κ1) is 19.1. The fraction of sp³-hybridized carbons (Fsp3) is 0.211. The third-order valence-corrected chi connectivity index (χ3v) is 3.51. The summed E-state index contributed by atoms with van der Waals surface area (Å²) in [5.41, 5.74) is 2.34. The number of hydrogen-bond donors (Lipinski definition) is 2. The lowest BCUT2D eigenvalue weighted by Crippen LogP contribution is -2.15. The monoisotopic (exact) mass is 351 g/mol. The van der Waals surface area contributed by atoms with E-state index in [1.54, 1.807) is 18.5 Å². The van der Waals surface area contributed by atoms with Gasteiger partial charge in [-0.05, 0) is 43.3 Å². The molecule has 0 aliphatic carbocycles. The van der Waals surface area contributed by atoms with E-state index in [9.17, 15) is 4.79 Å². The molecule has 7 nitrogen and oxygen atoms in total. The van der Waals surface area contributed by atoms with Gasteiger partial charge in [0.15, 0.2) is 5.82 Å². The number of carbonyl (C=O) groups excluding carboxylic acids is 1. The van der Waals surface area contributed by atoms with Gasteiger partial charge in [-0.1, -0.05) is 6.07 Å². The van der Waals surface area contributed by atoms with Crippen molar-refractivity contribution in [3.63, 3.8) is 0 Å². The van der Waals surface area contributed by atoms with E-state index in [-0.39, 0.29) is 6.04 Å². The number of fused-ring (bicyclic) bond motifs is 1. The van der Waals surface area contributed by atoms with Crippen molar-refractivity contribution in [2.75, 3.05) is 12.4 Å². The molecule has 0 bridgehead atoms. The first-order valence-electron chi connectivity index (χ1n) is 8.13. The predicted octanol–water partition coefficient (Wildman–Crippen LogP) is 4.04. The van der Waals surface area contributed by atoms with Crippen molar-refractivity contribution in [3.8, 4) is 0 Å². The Hall–Kier alpha value is -3.19. The number of hydrogen-bond acceptors (Lipinski definition) is 7. The average Bonchev–Trinajstić information content (AvgIpc) is 2.70. The summed E-state index contributed by atoms with van der Waals surface area (Å²) in [6.07, 6.45) is 4.75. The Morgan fingerprint density at radius 2 is 1.88 bits per heavy atom. The molecule has 3 rings (SSSR count). The van der Waals surface area contributed by atoms with Gasteiger partial charge in [-0.25, -0.2) is 4.98 Å². The van der Waals surface area contributed by atoms with E-state index in [0.717, 1.165) is 30.0 Å². The number of carbonyl (C=O) groups is 1. The van der Waals surface area contributed by atoms with Crippen LogP contribution in [0.4, 0.5) is 17.2 Å². The van der Waals surface area contributed by atoms with Gasteiger partial charge in [0.25, 0.3) is 0 Å². The van der Waals surface area contributed by atoms with Crippen molar-refractivity contribution in [2.45, 2.75) is 19.4 Å². The van der Waals surface area contributed by atoms with Crippen molar-refractivity contribution in [2.24, 2.45) is 10.2 Å². The normalized spacial score (nSPS) is 11.7. The van der Waals surface area contributed by atoms with Crippen LogP contribution in [0.2, 0.25) is 0 Å². The van der Waals surface area contributed by atoms with Gasteiger partial charge in [-0.15, -0.1) is 10.2 Å². The highest BCUT2D eigenvalue weighted by molar-refractivity contribution is 5.98. The number of nitrogens with one attached hydrogen (secondary N) is 1. The van der Waals surface area contributed by atoms with E-state index < -0.39 is 0 Å². The third kappa shape index (κ3) is 4.90. The molecule has 0 radical (unpaired) electrons. The molecule has 0 spiro atoms. The zero-order valence-corrected chi connectivity index (χ0v) is 14.7. The Kier molecular flexibility index (Phi) is 7.32. The highest BCUT2D eigenvalue weighted by atomic mass is 16.2. The summed E-state index contributed by atoms with van der Waals surface area (Å²) in [6, 6.07) is 13.2. The van der Waals surface area contributed by atoms with Gasteiger partial charge < -0.3 is 15.2 Å². The zero-order valence-electron chi connectivity index (χ0n) is 14.7. The quantitative estimate of drug-likeness (QED) is 0.515. The maximum atomic E-state index is 10.7. The Morgan fingerprint density at radius 1 is 1.08 bits per heavy atom. The molecule has 0 aliphatic rings. The Morgan fingerprint density at radius 3 is 2.62 bits per heavy atom. The lowest BCUT2D eigenvalue weighted by molar-refractivity contribution is -0.107. The summed E-state index contributed by atoms with van der Waals surface area (Å²) in [7, 11) is 1.00. The number of rotatable bonds is 6. The summed E-state index contributed by atoms with van der Waals surface area (Å²) in [6.45, 7) is 1.96. The minimum atomic E-state index is 0.0481. The number of anilines is 1. The van der Waals surface area contributed by atoms with Crippen LogP contribution in [-0.2, 0) is 4.79 Å². The number of benzene rings is 1. The van der Waals surface area contributed by atoms with Gasteiger partial charge in [0.2, 0.25) is 0 Å². The fourth-order valence-corrected chi connectivity index (χ4v) is 2.35. The van der Waals surface area contributed by atoms with Crippen LogP contribution in [0.1, 0.15) is 13.3 Å². The number of pyridine rings is 2. The molecule has 0 aliphatic heterocycles. The molecule has 0 saturated carbocycles. The first-order valence-corrected chi connectivity index (χ1v) is 8.13. The molecule has 7 heteroatoms. The summed E-state index contributed by atoms with van der Waals surface area (Å²) >= 11 is 0. The van der Waals surface area contributed by atoms with Crippen LogP contribution in [0.25, 0.3) is 10.9 Å². The third-order valence-electron chi connectivity index (χ3n) is 3.51. The van der Waals surface area contributed by atoms with Crippen LogP contribution < -0.4 is 5.32 Å². The van der Waals surface area contributed by atoms with E-state index in [1.807, 2.05) is 43.3 Å². The maximum absolute atomic E-state index is 10.7. The second kappa shape index (κ2) is 9.95. The molecule has 1 aromatic carbocycles. The summed E-state index contributed by atoms with van der Waals surface area (Å²) in [5, 5.41) is 19.7. The number of aromatic nitrogens is 2.